The van der Waals surface area contributed by atoms with Crippen LogP contribution < -0.4 is 0 Å². The van der Waals surface area contributed by atoms with Gasteiger partial charge >= 0.3 is 0 Å². The van der Waals surface area contributed by atoms with Gasteiger partial charge in [-0.15, -0.1) is 0 Å². The molecule has 0 aliphatic carbocycles. The predicted molar refractivity (Wildman–Crippen MR) is 185 cm³/mol. The van der Waals surface area contributed by atoms with Crippen molar-refractivity contribution in [3.05, 3.63) is 76.2 Å². The van der Waals surface area contributed by atoms with E-state index >= 15 is 0 Å². The smallest absolute Gasteiger partial charge is 0.0156 e. The maximum atomic E-state index is 2.73. The van der Waals surface area contributed by atoms with Crippen LogP contribution >= 0.6 is 0 Å². The number of aryl methyl sites for hydroxylation is 4. The number of unbranched alkanes of at least 4 members (excludes halogenated alkanes) is 9. The van der Waals surface area contributed by atoms with Crippen LogP contribution in [0, 0.1) is 12.3 Å². The first kappa shape index (κ1) is 35.6. The van der Waals surface area contributed by atoms with Crippen LogP contribution in [0.15, 0.2) is 36.4 Å². The molecule has 2 atom stereocenters. The molecule has 2 unspecified atom stereocenters. The molecule has 0 spiro atoms. The van der Waals surface area contributed by atoms with E-state index in [1.807, 2.05) is 0 Å². The lowest BCUT2D eigenvalue weighted by atomic mass is 9.82. The third kappa shape index (κ3) is 14.0. The molecule has 2 aromatic carbocycles. The first-order valence-corrected chi connectivity index (χ1v) is 18.1. The molecule has 0 heteroatoms. The molecule has 0 saturated carbocycles. The van der Waals surface area contributed by atoms with Gasteiger partial charge in [-0.3, -0.25) is 0 Å². The van der Waals surface area contributed by atoms with Gasteiger partial charge in [-0.2, -0.15) is 0 Å². The topological polar surface area (TPSA) is 0 Å². The molecule has 0 nitrogen and oxygen atoms in total. The highest BCUT2D eigenvalue weighted by Gasteiger charge is 2.18. The van der Waals surface area contributed by atoms with Gasteiger partial charge in [-0.05, 0) is 116 Å². The molecule has 0 saturated heterocycles. The van der Waals surface area contributed by atoms with Crippen molar-refractivity contribution < 1.29 is 0 Å². The van der Waals surface area contributed by atoms with Gasteiger partial charge in [0, 0.05) is 0 Å². The van der Waals surface area contributed by atoms with Gasteiger partial charge in [0.05, 0.1) is 0 Å². The van der Waals surface area contributed by atoms with Crippen LogP contribution in [0.3, 0.4) is 0 Å². The van der Waals surface area contributed by atoms with Gasteiger partial charge in [0.25, 0.3) is 0 Å². The van der Waals surface area contributed by atoms with E-state index in [1.54, 1.807) is 27.8 Å². The Labute approximate surface area is 257 Å². The maximum Gasteiger partial charge on any atom is -0.0156 e. The van der Waals surface area contributed by atoms with Crippen molar-refractivity contribution in [2.75, 3.05) is 0 Å². The lowest BCUT2D eigenvalue weighted by Gasteiger charge is -2.23. The number of hydrogen-bond donors (Lipinski definition) is 0. The summed E-state index contributed by atoms with van der Waals surface area (Å²) in [4.78, 5) is 0. The monoisotopic (exact) mass is 560 g/mol. The van der Waals surface area contributed by atoms with Crippen LogP contribution in [0.1, 0.15) is 177 Å². The van der Waals surface area contributed by atoms with Crippen molar-refractivity contribution in [2.24, 2.45) is 5.92 Å². The zero-order valence-corrected chi connectivity index (χ0v) is 28.3. The Balaban J connectivity index is 2.20. The largest absolute Gasteiger partial charge is 0.0654 e. The van der Waals surface area contributed by atoms with E-state index < -0.39 is 0 Å². The lowest BCUT2D eigenvalue weighted by molar-refractivity contribution is 0.475. The van der Waals surface area contributed by atoms with Crippen LogP contribution in [-0.2, 0) is 32.1 Å². The van der Waals surface area contributed by atoms with E-state index in [9.17, 15) is 0 Å². The third-order valence-electron chi connectivity index (χ3n) is 9.21. The average molecular weight is 560 g/mol. The molecule has 231 valence electrons. The van der Waals surface area contributed by atoms with Crippen LogP contribution in [0.25, 0.3) is 0 Å². The number of rotatable bonds is 24. The first-order valence-electron chi connectivity index (χ1n) is 18.1. The van der Waals surface area contributed by atoms with Crippen molar-refractivity contribution in [1.29, 1.82) is 0 Å². The molecule has 1 radical (unpaired) electrons. The molecular formula is C41H67. The molecule has 0 aliphatic rings. The van der Waals surface area contributed by atoms with Gasteiger partial charge in [-0.25, -0.2) is 0 Å². The van der Waals surface area contributed by atoms with E-state index in [1.165, 1.54) is 134 Å². The summed E-state index contributed by atoms with van der Waals surface area (Å²) in [6.45, 7) is 14.1. The highest BCUT2D eigenvalue weighted by molar-refractivity contribution is 5.36. The molecule has 0 N–H and O–H groups in total. The summed E-state index contributed by atoms with van der Waals surface area (Å²) in [6.07, 6.45) is 28.9. The molecule has 0 bridgehead atoms. The summed E-state index contributed by atoms with van der Waals surface area (Å²) < 4.78 is 0. The van der Waals surface area contributed by atoms with Gasteiger partial charge in [0.15, 0.2) is 0 Å². The predicted octanol–water partition coefficient (Wildman–Crippen LogP) is 13.0. The Bertz CT molecular complexity index is 922. The van der Waals surface area contributed by atoms with Crippen LogP contribution in [0.2, 0.25) is 0 Å². The van der Waals surface area contributed by atoms with E-state index in [0.29, 0.717) is 11.8 Å². The van der Waals surface area contributed by atoms with E-state index in [0.717, 1.165) is 0 Å². The van der Waals surface area contributed by atoms with Crippen LogP contribution in [-0.4, -0.2) is 0 Å². The second-order valence-corrected chi connectivity index (χ2v) is 13.0. The number of benzene rings is 2. The molecule has 2 rings (SSSR count). The minimum absolute atomic E-state index is 0.504. The van der Waals surface area contributed by atoms with Crippen molar-refractivity contribution in [3.63, 3.8) is 0 Å². The molecule has 0 fully saturated rings. The standard InChI is InChI=1S/C41H67/c1-7-12-17-18-19-20-21-35(31-36-26-27-37(22-13-8-2)40(32-36)24-15-10-4)30-34(6)39-29-28-38(23-14-9-3)41(33-39)25-16-11-5/h26-30,32-35H,7-25,31H2,1-6H3. The fraction of sp³-hybridized carbons (Fsp3) is 0.683. The van der Waals surface area contributed by atoms with Gasteiger partial charge < -0.3 is 0 Å². The SMILES string of the molecule is CCCCCCCCC([CH]C(C)c1ccc(CCCC)c(CCCC)c1)Cc1ccc(CCCC)c(CCCC)c1. The minimum Gasteiger partial charge on any atom is -0.0654 e. The molecule has 0 aromatic heterocycles. The molecular weight excluding hydrogens is 492 g/mol. The number of hydrogen-bond acceptors (Lipinski definition) is 0. The summed E-state index contributed by atoms with van der Waals surface area (Å²) in [5.74, 6) is 1.15. The third-order valence-corrected chi connectivity index (χ3v) is 9.21. The molecule has 0 amide bonds. The summed E-state index contributed by atoms with van der Waals surface area (Å²) >= 11 is 0. The summed E-state index contributed by atoms with van der Waals surface area (Å²) in [6, 6.07) is 15.1. The average Bonchev–Trinajstić information content (AvgIpc) is 2.99. The van der Waals surface area contributed by atoms with Crippen molar-refractivity contribution in [1.82, 2.24) is 0 Å². The Kier molecular flexibility index (Phi) is 19.2. The van der Waals surface area contributed by atoms with E-state index in [2.05, 4.69) is 84.4 Å². The van der Waals surface area contributed by atoms with Gasteiger partial charge in [-0.1, -0.05) is 142 Å². The second-order valence-electron chi connectivity index (χ2n) is 13.0. The Morgan fingerprint density at radius 1 is 0.512 bits per heavy atom. The normalized spacial score (nSPS) is 13.0. The first-order chi connectivity index (χ1) is 20.1. The summed E-state index contributed by atoms with van der Waals surface area (Å²) in [5, 5.41) is 0. The molecule has 41 heavy (non-hydrogen) atoms. The van der Waals surface area contributed by atoms with E-state index in [4.69, 9.17) is 0 Å². The second kappa shape index (κ2) is 22.0. The van der Waals surface area contributed by atoms with Crippen molar-refractivity contribution in [3.8, 4) is 0 Å². The molecule has 2 aromatic rings. The highest BCUT2D eigenvalue weighted by Crippen LogP contribution is 2.31. The zero-order valence-electron chi connectivity index (χ0n) is 28.3. The zero-order chi connectivity index (χ0) is 29.7. The van der Waals surface area contributed by atoms with Gasteiger partial charge in [0.1, 0.15) is 0 Å². The van der Waals surface area contributed by atoms with E-state index in [-0.39, 0.29) is 0 Å². The summed E-state index contributed by atoms with van der Waals surface area (Å²) in [5.41, 5.74) is 9.55. The molecule has 0 heterocycles. The molecule has 0 aliphatic heterocycles. The van der Waals surface area contributed by atoms with Gasteiger partial charge in [0.2, 0.25) is 0 Å². The van der Waals surface area contributed by atoms with Crippen molar-refractivity contribution in [2.45, 2.75) is 176 Å². The fourth-order valence-corrected chi connectivity index (χ4v) is 6.43. The van der Waals surface area contributed by atoms with Crippen molar-refractivity contribution >= 4 is 0 Å². The minimum atomic E-state index is 0.504. The fourth-order valence-electron chi connectivity index (χ4n) is 6.43. The van der Waals surface area contributed by atoms with Crippen LogP contribution in [0.5, 0.6) is 0 Å². The Hall–Kier alpha value is -1.56. The Morgan fingerprint density at radius 2 is 1.00 bits per heavy atom. The van der Waals surface area contributed by atoms with Crippen LogP contribution in [0.4, 0.5) is 0 Å². The highest BCUT2D eigenvalue weighted by atomic mass is 14.2. The maximum absolute atomic E-state index is 2.73. The quantitative estimate of drug-likeness (QED) is 0.112. The Morgan fingerprint density at radius 3 is 1.59 bits per heavy atom. The lowest BCUT2D eigenvalue weighted by Crippen LogP contribution is -2.12. The summed E-state index contributed by atoms with van der Waals surface area (Å²) in [7, 11) is 0.